The maximum atomic E-state index is 14.2. The summed E-state index contributed by atoms with van der Waals surface area (Å²) in [5.41, 5.74) is 1.37. The minimum absolute atomic E-state index is 0.126. The number of fused-ring (bicyclic) bond motifs is 2. The lowest BCUT2D eigenvalue weighted by Gasteiger charge is -2.25. The van der Waals surface area contributed by atoms with E-state index in [9.17, 15) is 13.6 Å². The number of hydrogen-bond acceptors (Lipinski definition) is 5. The maximum absolute atomic E-state index is 14.2. The molecule has 1 fully saturated rings. The highest BCUT2D eigenvalue weighted by Crippen LogP contribution is 2.39. The quantitative estimate of drug-likeness (QED) is 0.537. The molecule has 2 aliphatic rings. The molecule has 0 spiro atoms. The molecule has 2 aliphatic heterocycles. The number of aliphatic imine (C=N–C) groups is 1. The van der Waals surface area contributed by atoms with Crippen LogP contribution in [-0.4, -0.2) is 54.8 Å². The summed E-state index contributed by atoms with van der Waals surface area (Å²) in [6.07, 6.45) is 0.662. The second-order valence-corrected chi connectivity index (χ2v) is 8.12. The molecule has 34 heavy (non-hydrogen) atoms. The lowest BCUT2D eigenvalue weighted by Crippen LogP contribution is -2.38. The summed E-state index contributed by atoms with van der Waals surface area (Å²) in [4.78, 5) is 21.6. The van der Waals surface area contributed by atoms with Crippen molar-refractivity contribution >= 4 is 17.4 Å². The van der Waals surface area contributed by atoms with Crippen LogP contribution in [0.3, 0.4) is 0 Å². The van der Waals surface area contributed by atoms with Gasteiger partial charge >= 0.3 is 0 Å². The van der Waals surface area contributed by atoms with Gasteiger partial charge in [0.1, 0.15) is 34.7 Å². The average molecular weight is 463 g/mol. The number of rotatable bonds is 2. The van der Waals surface area contributed by atoms with Crippen LogP contribution >= 0.6 is 0 Å². The molecular formula is C26H23F2N3O3. The highest BCUT2D eigenvalue weighted by molar-refractivity contribution is 6.04. The number of amidine groups is 1. The van der Waals surface area contributed by atoms with E-state index in [1.54, 1.807) is 12.0 Å². The fourth-order valence-corrected chi connectivity index (χ4v) is 4.24. The number of carbonyl (C=O) groups excluding carboxylic acids is 1. The van der Waals surface area contributed by atoms with Gasteiger partial charge < -0.3 is 19.3 Å². The number of hydrogen-bond donors (Lipinski definition) is 0. The molecule has 1 amide bonds. The third kappa shape index (κ3) is 4.19. The SMILES string of the molecule is COc1ccc2c(c1)C(N1CCCN(C(=O)c3ccc(F)cc3F)CC1)=Nc1ccccc1O2. The van der Waals surface area contributed by atoms with Crippen molar-refractivity contribution in [1.29, 1.82) is 0 Å². The van der Waals surface area contributed by atoms with Crippen LogP contribution in [0, 0.1) is 11.6 Å². The molecule has 0 saturated carbocycles. The summed E-state index contributed by atoms with van der Waals surface area (Å²) < 4.78 is 39.1. The van der Waals surface area contributed by atoms with E-state index < -0.39 is 17.5 Å². The molecule has 6 nitrogen and oxygen atoms in total. The average Bonchev–Trinajstić information content (AvgIpc) is 3.18. The molecule has 8 heteroatoms. The molecule has 2 heterocycles. The van der Waals surface area contributed by atoms with Crippen LogP contribution in [0.2, 0.25) is 0 Å². The van der Waals surface area contributed by atoms with Crippen LogP contribution in [0.1, 0.15) is 22.3 Å². The van der Waals surface area contributed by atoms with Gasteiger partial charge in [-0.1, -0.05) is 12.1 Å². The fourth-order valence-electron chi connectivity index (χ4n) is 4.24. The van der Waals surface area contributed by atoms with E-state index in [-0.39, 0.29) is 5.56 Å². The molecule has 3 aromatic carbocycles. The smallest absolute Gasteiger partial charge is 0.256 e. The monoisotopic (exact) mass is 463 g/mol. The second-order valence-electron chi connectivity index (χ2n) is 8.12. The van der Waals surface area contributed by atoms with Gasteiger partial charge in [0.15, 0.2) is 5.75 Å². The third-order valence-corrected chi connectivity index (χ3v) is 5.98. The first-order valence-electron chi connectivity index (χ1n) is 11.1. The molecule has 0 bridgehead atoms. The Hall–Kier alpha value is -3.94. The van der Waals surface area contributed by atoms with Gasteiger partial charge in [-0.2, -0.15) is 0 Å². The first kappa shape index (κ1) is 21.9. The number of para-hydroxylation sites is 2. The number of benzene rings is 3. The number of amides is 1. The molecule has 5 rings (SSSR count). The molecule has 0 aromatic heterocycles. The third-order valence-electron chi connectivity index (χ3n) is 5.98. The zero-order valence-electron chi connectivity index (χ0n) is 18.6. The Morgan fingerprint density at radius 1 is 0.971 bits per heavy atom. The van der Waals surface area contributed by atoms with E-state index in [1.165, 1.54) is 6.07 Å². The van der Waals surface area contributed by atoms with Gasteiger partial charge in [0.25, 0.3) is 5.91 Å². The van der Waals surface area contributed by atoms with Crippen LogP contribution in [0.15, 0.2) is 65.7 Å². The molecular weight excluding hydrogens is 440 g/mol. The summed E-state index contributed by atoms with van der Waals surface area (Å²) in [7, 11) is 1.61. The van der Waals surface area contributed by atoms with E-state index in [2.05, 4.69) is 4.90 Å². The van der Waals surface area contributed by atoms with Crippen molar-refractivity contribution in [3.63, 3.8) is 0 Å². The van der Waals surface area contributed by atoms with Crippen molar-refractivity contribution in [2.45, 2.75) is 6.42 Å². The minimum Gasteiger partial charge on any atom is -0.497 e. The lowest BCUT2D eigenvalue weighted by molar-refractivity contribution is 0.0759. The molecule has 1 saturated heterocycles. The summed E-state index contributed by atoms with van der Waals surface area (Å²) in [6, 6.07) is 16.2. The molecule has 0 atom stereocenters. The Bertz CT molecular complexity index is 1280. The Morgan fingerprint density at radius 2 is 1.82 bits per heavy atom. The summed E-state index contributed by atoms with van der Waals surface area (Å²) in [5, 5.41) is 0. The Morgan fingerprint density at radius 3 is 2.65 bits per heavy atom. The van der Waals surface area contributed by atoms with Crippen LogP contribution < -0.4 is 9.47 Å². The maximum Gasteiger partial charge on any atom is 0.256 e. The number of carbonyl (C=O) groups is 1. The van der Waals surface area contributed by atoms with Crippen molar-refractivity contribution in [2.24, 2.45) is 4.99 Å². The van der Waals surface area contributed by atoms with Gasteiger partial charge in [-0.15, -0.1) is 0 Å². The molecule has 0 aliphatic carbocycles. The van der Waals surface area contributed by atoms with Gasteiger partial charge in [0, 0.05) is 32.2 Å². The number of halogens is 2. The van der Waals surface area contributed by atoms with Gasteiger partial charge in [-0.3, -0.25) is 4.79 Å². The van der Waals surface area contributed by atoms with Gasteiger partial charge in [0.05, 0.1) is 18.2 Å². The number of ether oxygens (including phenoxy) is 2. The first-order chi connectivity index (χ1) is 16.5. The normalized spacial score (nSPS) is 15.3. The lowest BCUT2D eigenvalue weighted by atomic mass is 10.1. The van der Waals surface area contributed by atoms with Gasteiger partial charge in [-0.05, 0) is 48.9 Å². The molecule has 0 unspecified atom stereocenters. The Balaban J connectivity index is 1.45. The van der Waals surface area contributed by atoms with Gasteiger partial charge in [-0.25, -0.2) is 13.8 Å². The van der Waals surface area contributed by atoms with E-state index in [4.69, 9.17) is 14.5 Å². The number of nitrogens with zero attached hydrogens (tertiary/aromatic N) is 3. The number of methoxy groups -OCH3 is 1. The van der Waals surface area contributed by atoms with Crippen LogP contribution in [0.5, 0.6) is 17.2 Å². The van der Waals surface area contributed by atoms with Crippen molar-refractivity contribution in [1.82, 2.24) is 9.80 Å². The Labute approximate surface area is 196 Å². The predicted molar refractivity (Wildman–Crippen MR) is 124 cm³/mol. The molecule has 174 valence electrons. The summed E-state index contributed by atoms with van der Waals surface area (Å²) >= 11 is 0. The van der Waals surface area contributed by atoms with Crippen molar-refractivity contribution in [2.75, 3.05) is 33.3 Å². The van der Waals surface area contributed by atoms with Crippen LogP contribution in [-0.2, 0) is 0 Å². The second kappa shape index (κ2) is 9.13. The summed E-state index contributed by atoms with van der Waals surface area (Å²) in [5.74, 6) is 0.712. The topological polar surface area (TPSA) is 54.4 Å². The van der Waals surface area contributed by atoms with Gasteiger partial charge in [0.2, 0.25) is 0 Å². The van der Waals surface area contributed by atoms with Crippen molar-refractivity contribution < 1.29 is 23.0 Å². The highest BCUT2D eigenvalue weighted by atomic mass is 19.1. The van der Waals surface area contributed by atoms with E-state index in [0.717, 1.165) is 23.5 Å². The highest BCUT2D eigenvalue weighted by Gasteiger charge is 2.27. The molecule has 0 radical (unpaired) electrons. The molecule has 3 aromatic rings. The van der Waals surface area contributed by atoms with E-state index >= 15 is 0 Å². The largest absolute Gasteiger partial charge is 0.497 e. The summed E-state index contributed by atoms with van der Waals surface area (Å²) in [6.45, 7) is 1.97. The zero-order chi connectivity index (χ0) is 23.7. The van der Waals surface area contributed by atoms with Crippen LogP contribution in [0.4, 0.5) is 14.5 Å². The standard InChI is InChI=1S/C26H23F2N3O3/c1-33-18-8-10-23-20(16-18)25(29-22-5-2-3-6-24(22)34-23)30-11-4-12-31(14-13-30)26(32)19-9-7-17(27)15-21(19)28/h2-3,5-10,15-16H,4,11-14H2,1H3. The predicted octanol–water partition coefficient (Wildman–Crippen LogP) is 5.01. The van der Waals surface area contributed by atoms with E-state index in [1.807, 2.05) is 42.5 Å². The zero-order valence-corrected chi connectivity index (χ0v) is 18.6. The Kier molecular flexibility index (Phi) is 5.88. The van der Waals surface area contributed by atoms with Crippen molar-refractivity contribution in [3.05, 3.63) is 83.4 Å². The minimum atomic E-state index is -0.853. The van der Waals surface area contributed by atoms with Crippen LogP contribution in [0.25, 0.3) is 0 Å². The first-order valence-corrected chi connectivity index (χ1v) is 11.1. The van der Waals surface area contributed by atoms with Crippen molar-refractivity contribution in [3.8, 4) is 17.2 Å². The van der Waals surface area contributed by atoms with E-state index in [0.29, 0.717) is 55.5 Å². The fraction of sp³-hybridized carbons (Fsp3) is 0.231. The molecule has 0 N–H and O–H groups in total.